The Balaban J connectivity index is 2.49. The summed E-state index contributed by atoms with van der Waals surface area (Å²) in [5.74, 6) is -1.32. The zero-order valence-corrected chi connectivity index (χ0v) is 7.44. The van der Waals surface area contributed by atoms with Gasteiger partial charge in [0, 0.05) is 0 Å². The van der Waals surface area contributed by atoms with Crippen LogP contribution in [0.1, 0.15) is 24.5 Å². The molecule has 5 heteroatoms. The van der Waals surface area contributed by atoms with Crippen molar-refractivity contribution >= 4 is 5.97 Å². The van der Waals surface area contributed by atoms with Gasteiger partial charge in [-0.15, -0.1) is 0 Å². The summed E-state index contributed by atoms with van der Waals surface area (Å²) >= 11 is 0. The Kier molecular flexibility index (Phi) is 2.89. The topological polar surface area (TPSA) is 72.2 Å². The maximum atomic E-state index is 11.0. The lowest BCUT2D eigenvalue weighted by atomic mass is 10.2. The zero-order valence-electron chi connectivity index (χ0n) is 7.44. The van der Waals surface area contributed by atoms with Crippen LogP contribution >= 0.6 is 0 Å². The molecule has 1 radical (unpaired) electrons. The molecule has 5 nitrogen and oxygen atoms in total. The van der Waals surface area contributed by atoms with Crippen molar-refractivity contribution in [2.75, 3.05) is 6.61 Å². The average Bonchev–Trinajstić information content (AvgIpc) is 2.47. The normalized spacial score (nSPS) is 10.4. The molecule has 1 heterocycles. The van der Waals surface area contributed by atoms with Crippen molar-refractivity contribution < 1.29 is 19.1 Å². The van der Waals surface area contributed by atoms with Gasteiger partial charge in [-0.3, -0.25) is 5.11 Å². The van der Waals surface area contributed by atoms with Crippen LogP contribution in [0.2, 0.25) is 0 Å². The van der Waals surface area contributed by atoms with Crippen molar-refractivity contribution in [3.05, 3.63) is 12.2 Å². The molecule has 13 heavy (non-hydrogen) atoms. The first-order chi connectivity index (χ1) is 6.09. The third-order valence-electron chi connectivity index (χ3n) is 1.21. The predicted molar refractivity (Wildman–Crippen MR) is 41.8 cm³/mol. The molecule has 0 aromatic carbocycles. The molecule has 0 aliphatic heterocycles. The Hall–Kier alpha value is -1.52. The molecule has 71 valence electrons. The minimum absolute atomic E-state index is 0.241. The van der Waals surface area contributed by atoms with E-state index < -0.39 is 11.8 Å². The molecule has 0 unspecified atom stereocenters. The molecule has 0 atom stereocenters. The number of nitrogens with zero attached hydrogens (tertiary/aromatic N) is 1. The van der Waals surface area contributed by atoms with Gasteiger partial charge >= 0.3 is 17.7 Å². The summed E-state index contributed by atoms with van der Waals surface area (Å²) < 4.78 is 9.33. The molecule has 0 fully saturated rings. The molecular weight excluding hydrogens is 174 g/mol. The number of oxazole rings is 1. The minimum atomic E-state index is -0.698. The van der Waals surface area contributed by atoms with E-state index in [4.69, 9.17) is 4.74 Å². The highest BCUT2D eigenvalue weighted by Crippen LogP contribution is 2.09. The fourth-order valence-electron chi connectivity index (χ4n) is 0.657. The number of ether oxygens (including phenoxy) is 1. The van der Waals surface area contributed by atoms with Crippen molar-refractivity contribution in [3.63, 3.8) is 0 Å². The first-order valence-electron chi connectivity index (χ1n) is 3.89. The molecule has 0 spiro atoms. The van der Waals surface area contributed by atoms with Gasteiger partial charge in [-0.2, -0.15) is 4.98 Å². The van der Waals surface area contributed by atoms with E-state index >= 15 is 0 Å². The summed E-state index contributed by atoms with van der Waals surface area (Å²) in [5, 5.41) is 10.5. The third-order valence-corrected chi connectivity index (χ3v) is 1.21. The predicted octanol–water partition coefficient (Wildman–Crippen LogP) is 1.63. The molecule has 0 aliphatic rings. The van der Waals surface area contributed by atoms with Gasteiger partial charge in [0.05, 0.1) is 6.61 Å². The maximum Gasteiger partial charge on any atom is 0.394 e. The van der Waals surface area contributed by atoms with Crippen molar-refractivity contribution in [1.29, 1.82) is 0 Å². The highest BCUT2D eigenvalue weighted by Gasteiger charge is 2.15. The Labute approximate surface area is 75.3 Å². The number of hydrogen-bond acceptors (Lipinski definition) is 4. The quantitative estimate of drug-likeness (QED) is 0.669. The van der Waals surface area contributed by atoms with Crippen LogP contribution in [-0.4, -0.2) is 17.6 Å². The molecule has 1 aromatic heterocycles. The Morgan fingerprint density at radius 1 is 1.69 bits per heavy atom. The second-order valence-corrected chi connectivity index (χ2v) is 2.98. The van der Waals surface area contributed by atoms with Gasteiger partial charge in [0.25, 0.3) is 0 Å². The van der Waals surface area contributed by atoms with Crippen LogP contribution in [-0.2, 0) is 9.84 Å². The van der Waals surface area contributed by atoms with Crippen LogP contribution in [0.5, 0.6) is 5.88 Å². The fraction of sp³-hybridized carbons (Fsp3) is 0.500. The number of carbonyl (C=O) groups is 1. The lowest BCUT2D eigenvalue weighted by Gasteiger charge is -2.03. The molecule has 0 N–H and O–H groups in total. The van der Waals surface area contributed by atoms with E-state index in [1.807, 2.05) is 13.8 Å². The van der Waals surface area contributed by atoms with E-state index in [0.717, 1.165) is 6.26 Å². The summed E-state index contributed by atoms with van der Waals surface area (Å²) in [7, 11) is 0. The highest BCUT2D eigenvalue weighted by molar-refractivity contribution is 5.84. The van der Waals surface area contributed by atoms with Gasteiger partial charge in [0.15, 0.2) is 6.26 Å². The molecule has 0 amide bonds. The van der Waals surface area contributed by atoms with Crippen LogP contribution in [0.3, 0.4) is 0 Å². The molecule has 1 rings (SSSR count). The van der Waals surface area contributed by atoms with Crippen molar-refractivity contribution in [1.82, 2.24) is 4.98 Å². The fourth-order valence-corrected chi connectivity index (χ4v) is 0.657. The van der Waals surface area contributed by atoms with Gasteiger partial charge in [-0.1, -0.05) is 13.8 Å². The second-order valence-electron chi connectivity index (χ2n) is 2.98. The molecular formula is C8H10NO4. The van der Waals surface area contributed by atoms with E-state index in [1.165, 1.54) is 0 Å². The summed E-state index contributed by atoms with van der Waals surface area (Å²) in [6.45, 7) is 4.10. The summed E-state index contributed by atoms with van der Waals surface area (Å²) in [4.78, 5) is 14.3. The Bertz CT molecular complexity index is 292. The summed E-state index contributed by atoms with van der Waals surface area (Å²) in [6.07, 6.45) is 0.867. The monoisotopic (exact) mass is 184 g/mol. The molecule has 0 aliphatic carbocycles. The minimum Gasteiger partial charge on any atom is -0.458 e. The molecule has 0 saturated carbocycles. The SMILES string of the molecule is CC(C)COC(=O)c1nc([O])co1. The first kappa shape index (κ1) is 9.57. The Morgan fingerprint density at radius 2 is 2.38 bits per heavy atom. The van der Waals surface area contributed by atoms with Crippen LogP contribution in [0.15, 0.2) is 10.7 Å². The Morgan fingerprint density at radius 3 is 2.85 bits per heavy atom. The third kappa shape index (κ3) is 2.77. The van der Waals surface area contributed by atoms with Crippen LogP contribution in [0.4, 0.5) is 0 Å². The van der Waals surface area contributed by atoms with Gasteiger partial charge in [-0.25, -0.2) is 4.79 Å². The molecule has 1 aromatic rings. The van der Waals surface area contributed by atoms with Crippen molar-refractivity contribution in [2.45, 2.75) is 13.8 Å². The zero-order chi connectivity index (χ0) is 9.84. The largest absolute Gasteiger partial charge is 0.458 e. The van der Waals surface area contributed by atoms with Crippen molar-refractivity contribution in [3.8, 4) is 5.88 Å². The molecule has 0 bridgehead atoms. The summed E-state index contributed by atoms with van der Waals surface area (Å²) in [6, 6.07) is 0. The van der Waals surface area contributed by atoms with Crippen LogP contribution in [0.25, 0.3) is 0 Å². The summed E-state index contributed by atoms with van der Waals surface area (Å²) in [5.41, 5.74) is 0. The van der Waals surface area contributed by atoms with Crippen molar-refractivity contribution in [2.24, 2.45) is 5.92 Å². The number of rotatable bonds is 3. The molecule has 0 saturated heterocycles. The van der Waals surface area contributed by atoms with Gasteiger partial charge in [0.1, 0.15) is 0 Å². The number of carbonyl (C=O) groups excluding carboxylic acids is 1. The number of esters is 1. The van der Waals surface area contributed by atoms with E-state index in [9.17, 15) is 9.90 Å². The van der Waals surface area contributed by atoms with E-state index in [-0.39, 0.29) is 18.4 Å². The van der Waals surface area contributed by atoms with E-state index in [0.29, 0.717) is 0 Å². The van der Waals surface area contributed by atoms with E-state index in [2.05, 4.69) is 9.40 Å². The second kappa shape index (κ2) is 3.93. The number of hydrogen-bond donors (Lipinski definition) is 0. The van der Waals surface area contributed by atoms with Gasteiger partial charge in [-0.05, 0) is 5.92 Å². The lowest BCUT2D eigenvalue weighted by molar-refractivity contribution is 0.0413. The highest BCUT2D eigenvalue weighted by atomic mass is 16.5. The van der Waals surface area contributed by atoms with E-state index in [1.54, 1.807) is 0 Å². The average molecular weight is 184 g/mol. The van der Waals surface area contributed by atoms with Crippen LogP contribution < -0.4 is 0 Å². The van der Waals surface area contributed by atoms with Gasteiger partial charge in [0.2, 0.25) is 0 Å². The van der Waals surface area contributed by atoms with Gasteiger partial charge < -0.3 is 9.15 Å². The van der Waals surface area contributed by atoms with Crippen LogP contribution in [0, 0.1) is 5.92 Å². The number of aromatic nitrogens is 1. The maximum absolute atomic E-state index is 11.0. The standard InChI is InChI=1S/C8H10NO4/c1-5(2)3-13-8(11)7-9-6(10)4-12-7/h4-5H,3H2,1-2H3. The smallest absolute Gasteiger partial charge is 0.394 e. The first-order valence-corrected chi connectivity index (χ1v) is 3.89. The lowest BCUT2D eigenvalue weighted by Crippen LogP contribution is -2.10.